The van der Waals surface area contributed by atoms with Crippen LogP contribution in [-0.4, -0.2) is 19.5 Å². The summed E-state index contributed by atoms with van der Waals surface area (Å²) >= 11 is 0. The van der Waals surface area contributed by atoms with Gasteiger partial charge in [0.1, 0.15) is 0 Å². The number of aromatic nitrogens is 4. The molecule has 0 saturated carbocycles. The molecule has 74 heavy (non-hydrogen) atoms. The van der Waals surface area contributed by atoms with Gasteiger partial charge in [0.2, 0.25) is 5.95 Å². The van der Waals surface area contributed by atoms with Crippen LogP contribution < -0.4 is 0 Å². The van der Waals surface area contributed by atoms with Gasteiger partial charge in [0.15, 0.2) is 11.6 Å². The van der Waals surface area contributed by atoms with Crippen molar-refractivity contribution in [1.82, 2.24) is 19.5 Å². The molecule has 16 rings (SSSR count). The van der Waals surface area contributed by atoms with E-state index >= 15 is 0 Å². The molecule has 12 aromatic rings. The zero-order valence-electron chi connectivity index (χ0n) is 41.6. The average molecular weight is 945 g/mol. The van der Waals surface area contributed by atoms with Crippen LogP contribution in [-0.2, 0) is 16.2 Å². The van der Waals surface area contributed by atoms with Crippen molar-refractivity contribution in [2.75, 3.05) is 0 Å². The summed E-state index contributed by atoms with van der Waals surface area (Å²) in [5.41, 5.74) is 26.0. The molecule has 0 radical (unpaired) electrons. The second-order valence-corrected chi connectivity index (χ2v) is 21.8. The molecule has 0 atom stereocenters. The van der Waals surface area contributed by atoms with E-state index in [2.05, 4.69) is 251 Å². The first-order valence-corrected chi connectivity index (χ1v) is 25.9. The Morgan fingerprint density at radius 2 is 0.757 bits per heavy atom. The van der Waals surface area contributed by atoms with Crippen molar-refractivity contribution in [1.29, 1.82) is 0 Å². The first-order valence-electron chi connectivity index (χ1n) is 25.9. The highest BCUT2D eigenvalue weighted by atomic mass is 15.2. The number of hydrogen-bond acceptors (Lipinski definition) is 3. The Morgan fingerprint density at radius 3 is 1.31 bits per heavy atom. The molecule has 4 heteroatoms. The van der Waals surface area contributed by atoms with Gasteiger partial charge < -0.3 is 0 Å². The quantitative estimate of drug-likeness (QED) is 0.177. The maximum absolute atomic E-state index is 5.69. The van der Waals surface area contributed by atoms with Crippen LogP contribution in [0.1, 0.15) is 72.2 Å². The fourth-order valence-corrected chi connectivity index (χ4v) is 14.1. The van der Waals surface area contributed by atoms with E-state index in [0.717, 1.165) is 38.5 Å². The van der Waals surface area contributed by atoms with Crippen molar-refractivity contribution in [2.45, 2.75) is 43.9 Å². The van der Waals surface area contributed by atoms with Crippen molar-refractivity contribution in [3.8, 4) is 84.4 Å². The molecule has 0 aliphatic heterocycles. The maximum atomic E-state index is 5.69. The Balaban J connectivity index is 1.01. The average Bonchev–Trinajstić information content (AvgIpc) is 4.19. The molecule has 348 valence electrons. The molecule has 0 amide bonds. The third-order valence-corrected chi connectivity index (χ3v) is 17.5. The van der Waals surface area contributed by atoms with Crippen molar-refractivity contribution in [2.24, 2.45) is 0 Å². The van der Waals surface area contributed by atoms with Gasteiger partial charge in [0.05, 0.1) is 16.4 Å². The zero-order chi connectivity index (χ0) is 49.2. The lowest BCUT2D eigenvalue weighted by atomic mass is 9.70. The fraction of sp³-hybridized carbons (Fsp3) is 0.100. The second kappa shape index (κ2) is 14.6. The van der Waals surface area contributed by atoms with Gasteiger partial charge in [-0.1, -0.05) is 222 Å². The predicted molar refractivity (Wildman–Crippen MR) is 302 cm³/mol. The first-order chi connectivity index (χ1) is 36.2. The molecule has 0 bridgehead atoms. The normalized spacial score (nSPS) is 15.1. The monoisotopic (exact) mass is 944 g/mol. The fourth-order valence-electron chi connectivity index (χ4n) is 14.1. The third-order valence-electron chi connectivity index (χ3n) is 17.5. The summed E-state index contributed by atoms with van der Waals surface area (Å²) in [6, 6.07) is 81.0. The summed E-state index contributed by atoms with van der Waals surface area (Å²) in [4.78, 5) is 16.9. The maximum Gasteiger partial charge on any atom is 0.238 e. The van der Waals surface area contributed by atoms with E-state index in [4.69, 9.17) is 15.0 Å². The topological polar surface area (TPSA) is 43.6 Å². The molecule has 4 aliphatic carbocycles. The molecule has 0 saturated heterocycles. The van der Waals surface area contributed by atoms with E-state index in [0.29, 0.717) is 17.6 Å². The van der Waals surface area contributed by atoms with Crippen LogP contribution in [0.3, 0.4) is 0 Å². The number of rotatable bonds is 4. The van der Waals surface area contributed by atoms with Gasteiger partial charge in [-0.2, -0.15) is 9.97 Å². The van der Waals surface area contributed by atoms with Gasteiger partial charge in [0, 0.05) is 38.3 Å². The smallest absolute Gasteiger partial charge is 0.238 e. The van der Waals surface area contributed by atoms with E-state index < -0.39 is 5.41 Å². The van der Waals surface area contributed by atoms with Crippen LogP contribution in [0.15, 0.2) is 218 Å². The van der Waals surface area contributed by atoms with Crippen molar-refractivity contribution in [3.63, 3.8) is 0 Å². The minimum absolute atomic E-state index is 0.203. The lowest BCUT2D eigenvalue weighted by molar-refractivity contribution is 0.660. The Hall–Kier alpha value is -8.99. The molecule has 2 aromatic heterocycles. The highest BCUT2D eigenvalue weighted by Gasteiger charge is 2.52. The Kier molecular flexibility index (Phi) is 8.20. The molecule has 4 aliphatic rings. The first kappa shape index (κ1) is 41.6. The van der Waals surface area contributed by atoms with Crippen molar-refractivity contribution >= 4 is 21.8 Å². The molecule has 0 unspecified atom stereocenters. The SMILES string of the molecule is CC1(C)c2ccccc2-c2ccc(-c3nc(-c4ccc5c(c4)C(C)(C)c4ccccc4-5)nc(-n4c5ccc(-c6ccccc6)cc5c5ccc6c(c54)-c4ccccc4C64c5ccccc5-c5ccccc54)n3)cc21. The van der Waals surface area contributed by atoms with Crippen LogP contribution in [0.25, 0.3) is 106 Å². The number of benzene rings is 10. The van der Waals surface area contributed by atoms with Gasteiger partial charge in [-0.25, -0.2) is 4.98 Å². The zero-order valence-corrected chi connectivity index (χ0v) is 41.6. The molecule has 0 fully saturated rings. The molecule has 10 aromatic carbocycles. The molecular formula is C70H48N4. The number of fused-ring (bicyclic) bond motifs is 20. The van der Waals surface area contributed by atoms with Crippen molar-refractivity contribution in [3.05, 3.63) is 263 Å². The lowest BCUT2D eigenvalue weighted by Crippen LogP contribution is -2.25. The van der Waals surface area contributed by atoms with Gasteiger partial charge in [-0.3, -0.25) is 4.57 Å². The van der Waals surface area contributed by atoms with Gasteiger partial charge in [-0.15, -0.1) is 0 Å². The second-order valence-electron chi connectivity index (χ2n) is 21.8. The molecule has 4 nitrogen and oxygen atoms in total. The van der Waals surface area contributed by atoms with Crippen molar-refractivity contribution < 1.29 is 0 Å². The van der Waals surface area contributed by atoms with Gasteiger partial charge in [0.25, 0.3) is 0 Å². The summed E-state index contributed by atoms with van der Waals surface area (Å²) in [5, 5.41) is 2.30. The highest BCUT2D eigenvalue weighted by molar-refractivity contribution is 6.17. The van der Waals surface area contributed by atoms with E-state index in [1.165, 1.54) is 94.6 Å². The Morgan fingerprint density at radius 1 is 0.311 bits per heavy atom. The lowest BCUT2D eigenvalue weighted by Gasteiger charge is -2.30. The van der Waals surface area contributed by atoms with E-state index in [9.17, 15) is 0 Å². The van der Waals surface area contributed by atoms with E-state index in [-0.39, 0.29) is 10.8 Å². The summed E-state index contributed by atoms with van der Waals surface area (Å²) in [6.07, 6.45) is 0. The van der Waals surface area contributed by atoms with Crippen LogP contribution in [0.2, 0.25) is 0 Å². The van der Waals surface area contributed by atoms with Gasteiger partial charge in [-0.05, 0) is 119 Å². The standard InChI is InChI=1S/C70H48N4/c1-68(2)54-25-13-8-20-45(54)49-33-30-43(39-60(49)68)65-71-66(44-31-34-50-46-21-9-14-26-55(46)69(3,4)61(50)40-44)73-67(72-65)74-62-37-32-42(41-18-6-5-7-19-41)38-53(62)51-35-36-59-63(64(51)74)52-24-12-17-29-58(52)70(59)56-27-15-10-22-47(56)48-23-11-16-28-57(48)70/h5-40H,1-4H3. The third kappa shape index (κ3) is 5.29. The number of hydrogen-bond donors (Lipinski definition) is 0. The number of nitrogens with zero attached hydrogens (tertiary/aromatic N) is 4. The minimum Gasteiger partial charge on any atom is -0.277 e. The van der Waals surface area contributed by atoms with E-state index in [1.807, 2.05) is 0 Å². The van der Waals surface area contributed by atoms with E-state index in [1.54, 1.807) is 0 Å². The summed E-state index contributed by atoms with van der Waals surface area (Å²) in [7, 11) is 0. The van der Waals surface area contributed by atoms with Gasteiger partial charge >= 0.3 is 0 Å². The van der Waals surface area contributed by atoms with Crippen LogP contribution >= 0.6 is 0 Å². The molecular weight excluding hydrogens is 897 g/mol. The molecule has 1 spiro atoms. The summed E-state index contributed by atoms with van der Waals surface area (Å²) < 4.78 is 2.37. The van der Waals surface area contributed by atoms with Crippen LogP contribution in [0.4, 0.5) is 0 Å². The Labute approximate surface area is 430 Å². The van der Waals surface area contributed by atoms with Crippen LogP contribution in [0.5, 0.6) is 0 Å². The Bertz CT molecular complexity index is 4270. The largest absolute Gasteiger partial charge is 0.277 e. The molecule has 0 N–H and O–H groups in total. The van der Waals surface area contributed by atoms with Crippen LogP contribution in [0, 0.1) is 0 Å². The minimum atomic E-state index is -0.525. The summed E-state index contributed by atoms with van der Waals surface area (Å²) in [5.74, 6) is 1.87. The highest BCUT2D eigenvalue weighted by Crippen LogP contribution is 2.64. The summed E-state index contributed by atoms with van der Waals surface area (Å²) in [6.45, 7) is 9.35. The molecule has 2 heterocycles. The predicted octanol–water partition coefficient (Wildman–Crippen LogP) is 16.9.